The fourth-order valence-electron chi connectivity index (χ4n) is 3.41. The lowest BCUT2D eigenvalue weighted by Crippen LogP contribution is -2.26. The Hall–Kier alpha value is -3.69. The van der Waals surface area contributed by atoms with E-state index in [-0.39, 0.29) is 23.4 Å². The molecule has 0 aliphatic carbocycles. The van der Waals surface area contributed by atoms with E-state index in [1.54, 1.807) is 55.3 Å². The third-order valence-corrected chi connectivity index (χ3v) is 4.93. The lowest BCUT2D eigenvalue weighted by Gasteiger charge is -2.16. The molecule has 1 amide bonds. The van der Waals surface area contributed by atoms with Gasteiger partial charge in [-0.25, -0.2) is 9.50 Å². The molecule has 0 saturated carbocycles. The van der Waals surface area contributed by atoms with E-state index in [1.165, 1.54) is 4.90 Å². The molecule has 0 aliphatic heterocycles. The molecule has 0 bridgehead atoms. The Kier molecular flexibility index (Phi) is 5.00. The predicted octanol–water partition coefficient (Wildman–Crippen LogP) is 3.73. The molecule has 4 aromatic rings. The predicted molar refractivity (Wildman–Crippen MR) is 107 cm³/mol. The van der Waals surface area contributed by atoms with E-state index in [0.717, 1.165) is 23.5 Å². The molecule has 31 heavy (non-hydrogen) atoms. The van der Waals surface area contributed by atoms with Crippen molar-refractivity contribution in [3.63, 3.8) is 0 Å². The maximum atomic E-state index is 13.7. The van der Waals surface area contributed by atoms with Gasteiger partial charge in [-0.05, 0) is 13.0 Å². The van der Waals surface area contributed by atoms with Gasteiger partial charge in [0.2, 0.25) is 0 Å². The van der Waals surface area contributed by atoms with Crippen LogP contribution in [0.4, 0.5) is 13.2 Å². The van der Waals surface area contributed by atoms with Gasteiger partial charge < -0.3 is 4.90 Å². The minimum atomic E-state index is -4.67. The Labute approximate surface area is 175 Å². The van der Waals surface area contributed by atoms with Gasteiger partial charge in [-0.15, -0.1) is 0 Å². The van der Waals surface area contributed by atoms with Crippen LogP contribution in [0.25, 0.3) is 16.9 Å². The first-order valence-electron chi connectivity index (χ1n) is 9.41. The quantitative estimate of drug-likeness (QED) is 0.497. The molecule has 0 aliphatic rings. The smallest absolute Gasteiger partial charge is 0.337 e. The highest BCUT2D eigenvalue weighted by atomic mass is 19.4. The number of hydrogen-bond acceptors (Lipinski definition) is 4. The normalized spacial score (nSPS) is 11.8. The molecule has 0 atom stereocenters. The molecule has 7 nitrogen and oxygen atoms in total. The first-order valence-corrected chi connectivity index (χ1v) is 9.41. The molecular weight excluding hydrogens is 409 g/mol. The molecule has 3 aromatic heterocycles. The van der Waals surface area contributed by atoms with Gasteiger partial charge in [-0.3, -0.25) is 9.48 Å². The van der Waals surface area contributed by atoms with Crippen LogP contribution in [-0.4, -0.2) is 42.2 Å². The van der Waals surface area contributed by atoms with Gasteiger partial charge in [0.25, 0.3) is 5.91 Å². The number of alkyl halides is 3. The molecule has 3 heterocycles. The van der Waals surface area contributed by atoms with Crippen molar-refractivity contribution in [2.75, 3.05) is 7.05 Å². The zero-order valence-corrected chi connectivity index (χ0v) is 17.1. The van der Waals surface area contributed by atoms with E-state index in [4.69, 9.17) is 0 Å². The molecule has 1 aromatic carbocycles. The molecule has 160 valence electrons. The number of carbonyl (C=O) groups excluding carboxylic acids is 1. The first-order chi connectivity index (χ1) is 14.6. The lowest BCUT2D eigenvalue weighted by atomic mass is 10.1. The van der Waals surface area contributed by atoms with Gasteiger partial charge in [0, 0.05) is 38.0 Å². The second-order valence-corrected chi connectivity index (χ2v) is 7.26. The van der Waals surface area contributed by atoms with Crippen molar-refractivity contribution < 1.29 is 18.0 Å². The summed E-state index contributed by atoms with van der Waals surface area (Å²) in [7, 11) is 3.35. The van der Waals surface area contributed by atoms with Crippen molar-refractivity contribution >= 4 is 11.6 Å². The van der Waals surface area contributed by atoms with Gasteiger partial charge in [-0.2, -0.15) is 23.4 Å². The number of aromatic nitrogens is 5. The summed E-state index contributed by atoms with van der Waals surface area (Å²) < 4.78 is 43.5. The van der Waals surface area contributed by atoms with Crippen LogP contribution in [0.5, 0.6) is 0 Å². The van der Waals surface area contributed by atoms with Gasteiger partial charge >= 0.3 is 6.18 Å². The third kappa shape index (κ3) is 3.88. The van der Waals surface area contributed by atoms with Crippen LogP contribution in [0.3, 0.4) is 0 Å². The molecule has 0 unspecified atom stereocenters. The number of benzene rings is 1. The molecule has 0 spiro atoms. The second-order valence-electron chi connectivity index (χ2n) is 7.26. The highest BCUT2D eigenvalue weighted by Gasteiger charge is 2.36. The van der Waals surface area contributed by atoms with Gasteiger partial charge in [0.05, 0.1) is 17.6 Å². The minimum Gasteiger partial charge on any atom is -0.337 e. The van der Waals surface area contributed by atoms with Crippen molar-refractivity contribution in [1.29, 1.82) is 0 Å². The van der Waals surface area contributed by atoms with Crippen LogP contribution < -0.4 is 0 Å². The van der Waals surface area contributed by atoms with Crippen LogP contribution in [0.15, 0.2) is 48.8 Å². The van der Waals surface area contributed by atoms with Gasteiger partial charge in [0.1, 0.15) is 5.56 Å². The molecule has 0 N–H and O–H groups in total. The van der Waals surface area contributed by atoms with Crippen LogP contribution in [0.1, 0.15) is 27.3 Å². The maximum absolute atomic E-state index is 13.7. The molecule has 0 fully saturated rings. The molecule has 0 radical (unpaired) electrons. The van der Waals surface area contributed by atoms with Crippen LogP contribution in [0.2, 0.25) is 0 Å². The molecule has 4 rings (SSSR count). The Morgan fingerprint density at radius 2 is 1.90 bits per heavy atom. The number of nitrogens with zero attached hydrogens (tertiary/aromatic N) is 6. The average molecular weight is 428 g/mol. The zero-order chi connectivity index (χ0) is 22.3. The highest BCUT2D eigenvalue weighted by molar-refractivity contribution is 5.99. The van der Waals surface area contributed by atoms with E-state index < -0.39 is 17.8 Å². The number of amides is 1. The largest absolute Gasteiger partial charge is 0.433 e. The SMILES string of the molecule is Cc1nn(C)cc1CN(C)C(=O)c1cnn2c(C(F)(F)F)cc(-c3ccccc3)nc12. The van der Waals surface area contributed by atoms with E-state index in [0.29, 0.717) is 10.1 Å². The molecular formula is C21H19F3N6O. The maximum Gasteiger partial charge on any atom is 0.433 e. The zero-order valence-electron chi connectivity index (χ0n) is 17.1. The summed E-state index contributed by atoms with van der Waals surface area (Å²) in [6.45, 7) is 2.08. The van der Waals surface area contributed by atoms with E-state index in [2.05, 4.69) is 15.2 Å². The summed E-state index contributed by atoms with van der Waals surface area (Å²) in [5.41, 5.74) is 1.08. The van der Waals surface area contributed by atoms with Crippen molar-refractivity contribution in [3.8, 4) is 11.3 Å². The Morgan fingerprint density at radius 1 is 1.19 bits per heavy atom. The minimum absolute atomic E-state index is 0.00711. The Bertz CT molecular complexity index is 1260. The van der Waals surface area contributed by atoms with Gasteiger partial charge in [0.15, 0.2) is 11.3 Å². The monoisotopic (exact) mass is 428 g/mol. The third-order valence-electron chi connectivity index (χ3n) is 4.93. The van der Waals surface area contributed by atoms with Crippen molar-refractivity contribution in [2.24, 2.45) is 7.05 Å². The summed E-state index contributed by atoms with van der Waals surface area (Å²) in [6, 6.07) is 9.44. The number of halogens is 3. The number of carbonyl (C=O) groups is 1. The van der Waals surface area contributed by atoms with E-state index in [1.807, 2.05) is 6.92 Å². The summed E-state index contributed by atoms with van der Waals surface area (Å²) in [5, 5.41) is 8.07. The lowest BCUT2D eigenvalue weighted by molar-refractivity contribution is -0.142. The highest BCUT2D eigenvalue weighted by Crippen LogP contribution is 2.33. The van der Waals surface area contributed by atoms with Crippen molar-refractivity contribution in [2.45, 2.75) is 19.6 Å². The van der Waals surface area contributed by atoms with E-state index in [9.17, 15) is 18.0 Å². The summed E-state index contributed by atoms with van der Waals surface area (Å²) in [5.74, 6) is -0.482. The first kappa shape index (κ1) is 20.6. The topological polar surface area (TPSA) is 68.3 Å². The number of aryl methyl sites for hydroxylation is 2. The summed E-state index contributed by atoms with van der Waals surface area (Å²) in [6.07, 6.45) is -1.75. The van der Waals surface area contributed by atoms with Crippen molar-refractivity contribution in [1.82, 2.24) is 29.3 Å². The Balaban J connectivity index is 1.79. The van der Waals surface area contributed by atoms with Crippen LogP contribution in [-0.2, 0) is 19.8 Å². The van der Waals surface area contributed by atoms with Crippen LogP contribution >= 0.6 is 0 Å². The summed E-state index contributed by atoms with van der Waals surface area (Å²) >= 11 is 0. The fourth-order valence-corrected chi connectivity index (χ4v) is 3.41. The van der Waals surface area contributed by atoms with E-state index >= 15 is 0 Å². The molecule has 0 saturated heterocycles. The van der Waals surface area contributed by atoms with Crippen molar-refractivity contribution in [3.05, 3.63) is 71.3 Å². The second kappa shape index (κ2) is 7.53. The molecule has 10 heteroatoms. The fraction of sp³-hybridized carbons (Fsp3) is 0.238. The average Bonchev–Trinajstić information content (AvgIpc) is 3.28. The number of hydrogen-bond donors (Lipinski definition) is 0. The van der Waals surface area contributed by atoms with Crippen LogP contribution in [0, 0.1) is 6.92 Å². The Morgan fingerprint density at radius 3 is 2.52 bits per heavy atom. The number of rotatable bonds is 4. The standard InChI is InChI=1S/C21H19F3N6O/c1-13-15(12-29(3)27-13)11-28(2)20(31)16-10-25-30-18(21(22,23)24)9-17(26-19(16)30)14-7-5-4-6-8-14/h4-10,12H,11H2,1-3H3. The van der Waals surface area contributed by atoms with Gasteiger partial charge in [-0.1, -0.05) is 30.3 Å². The number of fused-ring (bicyclic) bond motifs is 1. The summed E-state index contributed by atoms with van der Waals surface area (Å²) in [4.78, 5) is 18.8.